The number of amides is 2. The van der Waals surface area contributed by atoms with Gasteiger partial charge in [-0.25, -0.2) is 0 Å². The van der Waals surface area contributed by atoms with E-state index in [0.717, 1.165) is 37.9 Å². The molecule has 2 unspecified atom stereocenters. The van der Waals surface area contributed by atoms with E-state index in [1.807, 2.05) is 12.1 Å². The average Bonchev–Trinajstić information content (AvgIpc) is 3.36. The van der Waals surface area contributed by atoms with Crippen molar-refractivity contribution in [3.05, 3.63) is 40.9 Å². The number of rotatable bonds is 2. The topological polar surface area (TPSA) is 94.5 Å². The van der Waals surface area contributed by atoms with Crippen LogP contribution in [0.3, 0.4) is 0 Å². The lowest BCUT2D eigenvalue weighted by molar-refractivity contribution is -0.131. The highest BCUT2D eigenvalue weighted by molar-refractivity contribution is 6.32. The maximum Gasteiger partial charge on any atom is 0.244 e. The molecule has 4 aliphatic rings. The Kier molecular flexibility index (Phi) is 6.49. The number of hydrogen-bond acceptors (Lipinski definition) is 5. The average molecular weight is 443 g/mol. The number of carbonyl (C=O) groups is 2. The fraction of sp³-hybridized carbons (Fsp3) is 0.522. The monoisotopic (exact) mass is 442 g/mol. The fourth-order valence-corrected chi connectivity index (χ4v) is 4.43. The van der Waals surface area contributed by atoms with Gasteiger partial charge in [0.25, 0.3) is 0 Å². The van der Waals surface area contributed by atoms with E-state index in [9.17, 15) is 14.9 Å². The minimum atomic E-state index is -0.794. The van der Waals surface area contributed by atoms with E-state index in [1.165, 1.54) is 0 Å². The zero-order valence-corrected chi connectivity index (χ0v) is 18.2. The second kappa shape index (κ2) is 9.29. The van der Waals surface area contributed by atoms with Gasteiger partial charge < -0.3 is 15.4 Å². The summed E-state index contributed by atoms with van der Waals surface area (Å²) in [4.78, 5) is 28.3. The molecule has 8 heteroatoms. The number of halogens is 1. The summed E-state index contributed by atoms with van der Waals surface area (Å²) in [5.74, 6) is 0.104. The maximum absolute atomic E-state index is 13.1. The highest BCUT2D eigenvalue weighted by Gasteiger charge is 2.46. The smallest absolute Gasteiger partial charge is 0.244 e. The van der Waals surface area contributed by atoms with E-state index in [0.29, 0.717) is 30.2 Å². The number of hydrogen-bond donors (Lipinski definition) is 2. The highest BCUT2D eigenvalue weighted by atomic mass is 35.5. The molecule has 1 aromatic rings. The molecule has 2 fully saturated rings. The number of nitrogens with zero attached hydrogens (tertiary/aromatic N) is 2. The van der Waals surface area contributed by atoms with Gasteiger partial charge in [0.15, 0.2) is 0 Å². The molecule has 1 saturated carbocycles. The largest absolute Gasteiger partial charge is 0.488 e. The van der Waals surface area contributed by atoms with Crippen molar-refractivity contribution < 1.29 is 14.3 Å². The number of nitriles is 1. The van der Waals surface area contributed by atoms with Crippen LogP contribution in [0.4, 0.5) is 0 Å². The van der Waals surface area contributed by atoms with Gasteiger partial charge in [-0.15, -0.1) is 0 Å². The summed E-state index contributed by atoms with van der Waals surface area (Å²) in [6, 6.07) is 6.54. The summed E-state index contributed by atoms with van der Waals surface area (Å²) < 4.78 is 5.74. The van der Waals surface area contributed by atoms with E-state index < -0.39 is 11.6 Å². The molecule has 2 bridgehead atoms. The predicted molar refractivity (Wildman–Crippen MR) is 117 cm³/mol. The van der Waals surface area contributed by atoms with Crippen molar-refractivity contribution in [2.75, 3.05) is 19.7 Å². The molecule has 1 saturated heterocycles. The van der Waals surface area contributed by atoms with Crippen molar-refractivity contribution in [1.29, 1.82) is 5.26 Å². The van der Waals surface area contributed by atoms with Gasteiger partial charge in [0.1, 0.15) is 23.9 Å². The number of nitrogens with one attached hydrogen (secondary N) is 2. The van der Waals surface area contributed by atoms with Crippen LogP contribution in [-0.4, -0.2) is 54.0 Å². The molecule has 2 atom stereocenters. The Hall–Kier alpha value is -2.56. The van der Waals surface area contributed by atoms with Crippen molar-refractivity contribution in [3.63, 3.8) is 0 Å². The van der Waals surface area contributed by atoms with Crippen molar-refractivity contribution in [2.45, 2.75) is 56.1 Å². The first-order valence-electron chi connectivity index (χ1n) is 10.8. The van der Waals surface area contributed by atoms with E-state index >= 15 is 0 Å². The van der Waals surface area contributed by atoms with Crippen molar-refractivity contribution in [3.8, 4) is 11.8 Å². The molecule has 0 spiro atoms. The van der Waals surface area contributed by atoms with Gasteiger partial charge in [-0.2, -0.15) is 5.26 Å². The normalized spacial score (nSPS) is 25.7. The van der Waals surface area contributed by atoms with Gasteiger partial charge in [-0.1, -0.05) is 29.8 Å². The molecule has 1 aliphatic carbocycles. The molecule has 164 valence electrons. The van der Waals surface area contributed by atoms with Crippen LogP contribution in [0.15, 0.2) is 30.4 Å². The van der Waals surface area contributed by atoms with E-state index in [-0.39, 0.29) is 24.3 Å². The third-order valence-corrected chi connectivity index (χ3v) is 6.44. The van der Waals surface area contributed by atoms with Crippen LogP contribution in [0, 0.1) is 11.3 Å². The molecule has 0 radical (unpaired) electrons. The number of fused-ring (bicyclic) bond motifs is 9. The molecule has 1 aromatic carbocycles. The Morgan fingerprint density at radius 2 is 2.16 bits per heavy atom. The first-order valence-corrected chi connectivity index (χ1v) is 11.2. The molecule has 3 heterocycles. The molecular weight excluding hydrogens is 416 g/mol. The fourth-order valence-electron chi connectivity index (χ4n) is 4.17. The van der Waals surface area contributed by atoms with Gasteiger partial charge in [0.05, 0.1) is 17.1 Å². The van der Waals surface area contributed by atoms with Crippen LogP contribution in [-0.2, 0) is 16.0 Å². The number of carbonyl (C=O) groups excluding carboxylic acids is 2. The standard InChI is InChI=1S/C23H27ClN4O3/c24-17-13-16-6-7-20(17)31-12-3-1-2-10-28-11-4-5-19(28)22(30)26-18(14-16)21(29)27-23(15-25)8-9-23/h1,3,6-7,13,18-19H,2,4-5,8-12,14H2,(H,26,30)(H,27,29). The first kappa shape index (κ1) is 21.7. The van der Waals surface area contributed by atoms with Gasteiger partial charge in [0, 0.05) is 13.0 Å². The van der Waals surface area contributed by atoms with Gasteiger partial charge in [0.2, 0.25) is 11.8 Å². The molecule has 2 N–H and O–H groups in total. The van der Waals surface area contributed by atoms with Gasteiger partial charge in [-0.05, 0) is 56.3 Å². The zero-order chi connectivity index (χ0) is 21.8. The Morgan fingerprint density at radius 3 is 2.90 bits per heavy atom. The van der Waals surface area contributed by atoms with Crippen LogP contribution in [0.5, 0.6) is 5.75 Å². The third-order valence-electron chi connectivity index (χ3n) is 6.15. The van der Waals surface area contributed by atoms with Crippen molar-refractivity contribution in [1.82, 2.24) is 15.5 Å². The molecule has 2 amide bonds. The van der Waals surface area contributed by atoms with Crippen LogP contribution >= 0.6 is 11.6 Å². The lowest BCUT2D eigenvalue weighted by Gasteiger charge is -2.26. The number of ether oxygens (including phenoxy) is 1. The molecule has 5 rings (SSSR count). The lowest BCUT2D eigenvalue weighted by Crippen LogP contribution is -2.55. The summed E-state index contributed by atoms with van der Waals surface area (Å²) in [5, 5.41) is 15.6. The van der Waals surface area contributed by atoms with Crippen LogP contribution in [0.25, 0.3) is 0 Å². The molecule has 0 aromatic heterocycles. The SMILES string of the molecule is N#CC1(NC(=O)C2Cc3ccc(c(Cl)c3)OCC=CCCN3CCCC3C(=O)N2)CC1. The van der Waals surface area contributed by atoms with Gasteiger partial charge >= 0.3 is 0 Å². The molecule has 3 aliphatic heterocycles. The third kappa shape index (κ3) is 5.20. The second-order valence-corrected chi connectivity index (χ2v) is 8.89. The molecule has 7 nitrogen and oxygen atoms in total. The Balaban J connectivity index is 1.58. The van der Waals surface area contributed by atoms with Crippen molar-refractivity contribution >= 4 is 23.4 Å². The summed E-state index contributed by atoms with van der Waals surface area (Å²) in [6.45, 7) is 2.06. The van der Waals surface area contributed by atoms with Gasteiger partial charge in [-0.3, -0.25) is 14.5 Å². The molecule has 31 heavy (non-hydrogen) atoms. The molecular formula is C23H27ClN4O3. The summed E-state index contributed by atoms with van der Waals surface area (Å²) in [5.41, 5.74) is 0.0171. The Bertz CT molecular complexity index is 922. The quantitative estimate of drug-likeness (QED) is 0.685. The van der Waals surface area contributed by atoms with E-state index in [2.05, 4.69) is 27.7 Å². The number of benzene rings is 1. The highest BCUT2D eigenvalue weighted by Crippen LogP contribution is 2.34. The van der Waals surface area contributed by atoms with E-state index in [1.54, 1.807) is 12.1 Å². The summed E-state index contributed by atoms with van der Waals surface area (Å²) in [6.07, 6.45) is 8.11. The predicted octanol–water partition coefficient (Wildman–Crippen LogP) is 2.34. The second-order valence-electron chi connectivity index (χ2n) is 8.48. The Labute approximate surface area is 187 Å². The first-order chi connectivity index (χ1) is 15.0. The van der Waals surface area contributed by atoms with Crippen LogP contribution in [0.2, 0.25) is 5.02 Å². The minimum Gasteiger partial charge on any atom is -0.488 e. The lowest BCUT2D eigenvalue weighted by atomic mass is 10.0. The minimum absolute atomic E-state index is 0.137. The summed E-state index contributed by atoms with van der Waals surface area (Å²) in [7, 11) is 0. The maximum atomic E-state index is 13.1. The van der Waals surface area contributed by atoms with Crippen molar-refractivity contribution in [2.24, 2.45) is 0 Å². The zero-order valence-electron chi connectivity index (χ0n) is 17.4. The van der Waals surface area contributed by atoms with Crippen LogP contribution < -0.4 is 15.4 Å². The van der Waals surface area contributed by atoms with Crippen LogP contribution in [0.1, 0.15) is 37.7 Å². The Morgan fingerprint density at radius 1 is 1.32 bits per heavy atom. The van der Waals surface area contributed by atoms with E-state index in [4.69, 9.17) is 16.3 Å². The summed E-state index contributed by atoms with van der Waals surface area (Å²) >= 11 is 6.37.